The van der Waals surface area contributed by atoms with Gasteiger partial charge in [-0.25, -0.2) is 20.4 Å². The molecule has 2 N–H and O–H groups in total. The molecular weight excluding hydrogens is 651 g/mol. The van der Waals surface area contributed by atoms with E-state index in [1.54, 1.807) is 48.5 Å². The van der Waals surface area contributed by atoms with Crippen molar-refractivity contribution in [1.29, 1.82) is 0 Å². The molecule has 0 atom stereocenters. The van der Waals surface area contributed by atoms with Gasteiger partial charge >= 0.3 is 11.9 Å². The van der Waals surface area contributed by atoms with Crippen molar-refractivity contribution in [3.63, 3.8) is 0 Å². The van der Waals surface area contributed by atoms with Crippen molar-refractivity contribution in [3.8, 4) is 23.0 Å². The molecule has 0 heterocycles. The summed E-state index contributed by atoms with van der Waals surface area (Å²) in [6.45, 7) is 0. The molecule has 0 saturated carbocycles. The van der Waals surface area contributed by atoms with Gasteiger partial charge in [-0.1, -0.05) is 23.2 Å². The number of esters is 2. The fraction of sp³-hybridized carbons (Fsp3) is 0.0909. The summed E-state index contributed by atoms with van der Waals surface area (Å²) in [4.78, 5) is 49.2. The fourth-order valence-electron chi connectivity index (χ4n) is 3.77. The number of ether oxygens (including phenoxy) is 4. The van der Waals surface area contributed by atoms with E-state index in [2.05, 4.69) is 21.1 Å². The van der Waals surface area contributed by atoms with Crippen LogP contribution in [0.15, 0.2) is 95.1 Å². The number of nitrogens with zero attached hydrogens (tertiary/aromatic N) is 2. The molecule has 47 heavy (non-hydrogen) atoms. The maximum Gasteiger partial charge on any atom is 0.343 e. The third-order valence-corrected chi connectivity index (χ3v) is 6.57. The van der Waals surface area contributed by atoms with Crippen LogP contribution in [-0.2, 0) is 9.59 Å². The molecule has 0 aromatic heterocycles. The van der Waals surface area contributed by atoms with Gasteiger partial charge in [0.15, 0.2) is 23.0 Å². The standard InChI is InChI=1S/C33H26Cl2N4O8/c1-44-28-15-20(3-13-26(28)46-32(42)22-5-9-24(34)10-6-22)18-36-38-30(40)17-31(41)39-37-19-21-4-14-27(29(16-21)45-2)47-33(43)23-7-11-25(35)12-8-23/h3-16,18-19H,17H2,1-2H3,(H,38,40)(H,39,41)/b36-18+,37-19+. The zero-order valence-electron chi connectivity index (χ0n) is 24.9. The Labute approximate surface area is 278 Å². The van der Waals surface area contributed by atoms with Crippen LogP contribution in [0.3, 0.4) is 0 Å². The van der Waals surface area contributed by atoms with Crippen LogP contribution in [-0.4, -0.2) is 50.4 Å². The monoisotopic (exact) mass is 676 g/mol. The Balaban J connectivity index is 1.25. The summed E-state index contributed by atoms with van der Waals surface area (Å²) in [6, 6.07) is 21.8. The molecule has 0 unspecified atom stereocenters. The average molecular weight is 677 g/mol. The molecular formula is C33H26Cl2N4O8. The number of halogens is 2. The molecule has 0 aliphatic heterocycles. The van der Waals surface area contributed by atoms with E-state index in [0.717, 1.165) is 0 Å². The lowest BCUT2D eigenvalue weighted by Gasteiger charge is -2.10. The Morgan fingerprint density at radius 2 is 0.979 bits per heavy atom. The number of carbonyl (C=O) groups is 4. The SMILES string of the molecule is COc1cc(/C=N/NC(=O)CC(=O)N/N=C/c2ccc(OC(=O)c3ccc(Cl)cc3)c(OC)c2)ccc1OC(=O)c1ccc(Cl)cc1. The Hall–Kier alpha value is -5.72. The first-order valence-electron chi connectivity index (χ1n) is 13.6. The molecule has 240 valence electrons. The number of hydrazone groups is 2. The van der Waals surface area contributed by atoms with Crippen LogP contribution >= 0.6 is 23.2 Å². The molecule has 14 heteroatoms. The number of nitrogens with one attached hydrogen (secondary N) is 2. The molecule has 4 aromatic carbocycles. The number of hydrogen-bond donors (Lipinski definition) is 2. The molecule has 4 rings (SSSR count). The quantitative estimate of drug-likeness (QED) is 0.0661. The Morgan fingerprint density at radius 1 is 0.596 bits per heavy atom. The van der Waals surface area contributed by atoms with E-state index in [1.165, 1.54) is 63.0 Å². The highest BCUT2D eigenvalue weighted by Gasteiger charge is 2.15. The predicted molar refractivity (Wildman–Crippen MR) is 175 cm³/mol. The van der Waals surface area contributed by atoms with Gasteiger partial charge in [0, 0.05) is 10.0 Å². The molecule has 0 spiro atoms. The van der Waals surface area contributed by atoms with Crippen molar-refractivity contribution >= 4 is 59.4 Å². The van der Waals surface area contributed by atoms with Gasteiger partial charge in [-0.2, -0.15) is 10.2 Å². The number of benzene rings is 4. The zero-order valence-corrected chi connectivity index (χ0v) is 26.4. The zero-order chi connectivity index (χ0) is 33.8. The lowest BCUT2D eigenvalue weighted by atomic mass is 10.2. The molecule has 2 amide bonds. The van der Waals surface area contributed by atoms with Crippen LogP contribution in [0, 0.1) is 0 Å². The third kappa shape index (κ3) is 10.1. The van der Waals surface area contributed by atoms with E-state index >= 15 is 0 Å². The second kappa shape index (κ2) is 16.5. The molecule has 0 aliphatic rings. The number of rotatable bonds is 12. The Kier molecular flexibility index (Phi) is 12.0. The molecule has 0 bridgehead atoms. The number of amides is 2. The van der Waals surface area contributed by atoms with Crippen LogP contribution in [0.1, 0.15) is 38.3 Å². The minimum absolute atomic E-state index is 0.179. The van der Waals surface area contributed by atoms with Crippen molar-refractivity contribution in [2.75, 3.05) is 14.2 Å². The minimum Gasteiger partial charge on any atom is -0.493 e. The summed E-state index contributed by atoms with van der Waals surface area (Å²) in [7, 11) is 2.82. The van der Waals surface area contributed by atoms with Crippen LogP contribution in [0.4, 0.5) is 0 Å². The van der Waals surface area contributed by atoms with Crippen molar-refractivity contribution in [2.45, 2.75) is 6.42 Å². The smallest absolute Gasteiger partial charge is 0.343 e. The van der Waals surface area contributed by atoms with Gasteiger partial charge in [0.25, 0.3) is 0 Å². The summed E-state index contributed by atoms with van der Waals surface area (Å²) in [5.41, 5.74) is 6.15. The lowest BCUT2D eigenvalue weighted by Crippen LogP contribution is -2.27. The van der Waals surface area contributed by atoms with Crippen LogP contribution in [0.5, 0.6) is 23.0 Å². The Bertz CT molecular complexity index is 1690. The molecule has 4 aromatic rings. The highest BCUT2D eigenvalue weighted by molar-refractivity contribution is 6.31. The second-order valence-electron chi connectivity index (χ2n) is 9.38. The van der Waals surface area contributed by atoms with E-state index in [1.807, 2.05) is 0 Å². The van der Waals surface area contributed by atoms with E-state index in [0.29, 0.717) is 32.3 Å². The lowest BCUT2D eigenvalue weighted by molar-refractivity contribution is -0.129. The van der Waals surface area contributed by atoms with Crippen molar-refractivity contribution in [1.82, 2.24) is 10.9 Å². The van der Waals surface area contributed by atoms with Gasteiger partial charge < -0.3 is 18.9 Å². The maximum atomic E-state index is 12.4. The summed E-state index contributed by atoms with van der Waals surface area (Å²) in [5, 5.41) is 8.66. The van der Waals surface area contributed by atoms with E-state index in [9.17, 15) is 19.2 Å². The highest BCUT2D eigenvalue weighted by Crippen LogP contribution is 2.29. The molecule has 0 aliphatic carbocycles. The maximum absolute atomic E-state index is 12.4. The van der Waals surface area contributed by atoms with Gasteiger partial charge in [0.1, 0.15) is 6.42 Å². The molecule has 0 radical (unpaired) electrons. The van der Waals surface area contributed by atoms with Crippen molar-refractivity contribution in [3.05, 3.63) is 117 Å². The summed E-state index contributed by atoms with van der Waals surface area (Å²) >= 11 is 11.7. The first-order valence-corrected chi connectivity index (χ1v) is 14.4. The summed E-state index contributed by atoms with van der Waals surface area (Å²) in [5.74, 6) is -1.71. The van der Waals surface area contributed by atoms with Gasteiger partial charge in [-0.15, -0.1) is 0 Å². The van der Waals surface area contributed by atoms with E-state index in [-0.39, 0.29) is 23.0 Å². The van der Waals surface area contributed by atoms with E-state index < -0.39 is 30.2 Å². The number of carbonyl (C=O) groups excluding carboxylic acids is 4. The topological polar surface area (TPSA) is 154 Å². The first kappa shape index (κ1) is 34.2. The van der Waals surface area contributed by atoms with Gasteiger partial charge in [0.2, 0.25) is 11.8 Å². The first-order chi connectivity index (χ1) is 22.6. The fourth-order valence-corrected chi connectivity index (χ4v) is 4.02. The predicted octanol–water partition coefficient (Wildman–Crippen LogP) is 5.44. The minimum atomic E-state index is -0.692. The van der Waals surface area contributed by atoms with Crippen molar-refractivity contribution in [2.24, 2.45) is 10.2 Å². The third-order valence-electron chi connectivity index (χ3n) is 6.07. The summed E-state index contributed by atoms with van der Waals surface area (Å²) < 4.78 is 21.4. The van der Waals surface area contributed by atoms with Crippen LogP contribution < -0.4 is 29.8 Å². The second-order valence-corrected chi connectivity index (χ2v) is 10.2. The largest absolute Gasteiger partial charge is 0.493 e. The average Bonchev–Trinajstić information content (AvgIpc) is 3.06. The summed E-state index contributed by atoms with van der Waals surface area (Å²) in [6.07, 6.45) is 2.09. The Morgan fingerprint density at radius 3 is 1.34 bits per heavy atom. The number of methoxy groups -OCH3 is 2. The molecule has 12 nitrogen and oxygen atoms in total. The van der Waals surface area contributed by atoms with Gasteiger partial charge in [0.05, 0.1) is 37.8 Å². The number of hydrogen-bond acceptors (Lipinski definition) is 10. The van der Waals surface area contributed by atoms with Gasteiger partial charge in [-0.3, -0.25) is 9.59 Å². The van der Waals surface area contributed by atoms with Crippen LogP contribution in [0.25, 0.3) is 0 Å². The van der Waals surface area contributed by atoms with Crippen LogP contribution in [0.2, 0.25) is 10.0 Å². The highest BCUT2D eigenvalue weighted by atomic mass is 35.5. The molecule has 0 saturated heterocycles. The molecule has 0 fully saturated rings. The van der Waals surface area contributed by atoms with Gasteiger partial charge in [-0.05, 0) is 96.1 Å². The van der Waals surface area contributed by atoms with Crippen molar-refractivity contribution < 1.29 is 38.1 Å². The van der Waals surface area contributed by atoms with E-state index in [4.69, 9.17) is 42.1 Å². The normalized spacial score (nSPS) is 10.8.